The first-order valence-corrected chi connectivity index (χ1v) is 12.1. The van der Waals surface area contributed by atoms with Gasteiger partial charge in [0.1, 0.15) is 0 Å². The molecule has 0 saturated carbocycles. The van der Waals surface area contributed by atoms with Gasteiger partial charge in [0.15, 0.2) is 0 Å². The standard InChI is InChI=1S/C30H36O4/c1-21-5-9-26-27-10-6-22(2)18-29(27)30(4,28(26)17-21)25-8-7-24(23(3)19-25)20-34-16-15-33-14-13-32-12-11-31/h5-10,17-19,31H,11-16,20H2,1-4H3. The molecule has 0 saturated heterocycles. The highest BCUT2D eigenvalue weighted by Gasteiger charge is 2.40. The highest BCUT2D eigenvalue weighted by molar-refractivity contribution is 5.83. The summed E-state index contributed by atoms with van der Waals surface area (Å²) in [4.78, 5) is 0. The predicted octanol–water partition coefficient (Wildman–Crippen LogP) is 5.49. The normalized spacial score (nSPS) is 13.7. The molecule has 180 valence electrons. The number of fused-ring (bicyclic) bond motifs is 3. The van der Waals surface area contributed by atoms with Gasteiger partial charge in [-0.1, -0.05) is 65.7 Å². The Balaban J connectivity index is 1.48. The Morgan fingerprint density at radius 3 is 1.79 bits per heavy atom. The van der Waals surface area contributed by atoms with Crippen LogP contribution in [0.15, 0.2) is 54.6 Å². The van der Waals surface area contributed by atoms with Crippen molar-refractivity contribution in [2.75, 3.05) is 39.6 Å². The molecule has 1 N–H and O–H groups in total. The second kappa shape index (κ2) is 10.8. The molecule has 4 nitrogen and oxygen atoms in total. The van der Waals surface area contributed by atoms with Crippen molar-refractivity contribution in [1.82, 2.24) is 0 Å². The first kappa shape index (κ1) is 24.6. The second-order valence-corrected chi connectivity index (χ2v) is 9.37. The number of aliphatic hydroxyl groups excluding tert-OH is 1. The van der Waals surface area contributed by atoms with E-state index in [0.717, 1.165) is 0 Å². The van der Waals surface area contributed by atoms with Gasteiger partial charge < -0.3 is 19.3 Å². The topological polar surface area (TPSA) is 47.9 Å². The van der Waals surface area contributed by atoms with Gasteiger partial charge in [-0.05, 0) is 66.6 Å². The number of aryl methyl sites for hydroxylation is 3. The van der Waals surface area contributed by atoms with Crippen LogP contribution in [0.25, 0.3) is 11.1 Å². The van der Waals surface area contributed by atoms with Gasteiger partial charge in [-0.25, -0.2) is 0 Å². The van der Waals surface area contributed by atoms with Crippen LogP contribution in [0.1, 0.15) is 45.9 Å². The molecule has 0 spiro atoms. The van der Waals surface area contributed by atoms with Crippen LogP contribution in [0.5, 0.6) is 0 Å². The van der Waals surface area contributed by atoms with Crippen LogP contribution in [0.2, 0.25) is 0 Å². The Kier molecular flexibility index (Phi) is 7.84. The van der Waals surface area contributed by atoms with Gasteiger partial charge in [0.25, 0.3) is 0 Å². The largest absolute Gasteiger partial charge is 0.394 e. The SMILES string of the molecule is Cc1ccc2c(c1)C(C)(c1ccc(COCCOCCOCCO)c(C)c1)c1cc(C)ccc1-2. The summed E-state index contributed by atoms with van der Waals surface area (Å²) in [6.07, 6.45) is 0. The lowest BCUT2D eigenvalue weighted by Crippen LogP contribution is -2.23. The maximum atomic E-state index is 8.69. The van der Waals surface area contributed by atoms with E-state index in [9.17, 15) is 0 Å². The monoisotopic (exact) mass is 460 g/mol. The number of benzene rings is 3. The third kappa shape index (κ3) is 4.96. The van der Waals surface area contributed by atoms with Crippen LogP contribution >= 0.6 is 0 Å². The first-order chi connectivity index (χ1) is 16.4. The third-order valence-corrected chi connectivity index (χ3v) is 6.87. The lowest BCUT2D eigenvalue weighted by atomic mass is 9.73. The zero-order valence-electron chi connectivity index (χ0n) is 20.8. The van der Waals surface area contributed by atoms with Gasteiger partial charge in [-0.15, -0.1) is 0 Å². The van der Waals surface area contributed by atoms with E-state index in [4.69, 9.17) is 19.3 Å². The molecule has 0 aromatic heterocycles. The molecule has 3 aromatic carbocycles. The minimum absolute atomic E-state index is 0.0404. The molecule has 0 amide bonds. The lowest BCUT2D eigenvalue weighted by molar-refractivity contribution is 0.00444. The van der Waals surface area contributed by atoms with E-state index in [-0.39, 0.29) is 12.0 Å². The van der Waals surface area contributed by atoms with Gasteiger partial charge in [-0.3, -0.25) is 0 Å². The molecule has 0 unspecified atom stereocenters. The average Bonchev–Trinajstić information content (AvgIpc) is 3.07. The molecule has 0 bridgehead atoms. The Bertz CT molecular complexity index is 1080. The maximum absolute atomic E-state index is 8.69. The fourth-order valence-corrected chi connectivity index (χ4v) is 4.92. The fourth-order valence-electron chi connectivity index (χ4n) is 4.92. The fraction of sp³-hybridized carbons (Fsp3) is 0.400. The molecule has 1 aliphatic rings. The van der Waals surface area contributed by atoms with Gasteiger partial charge >= 0.3 is 0 Å². The number of rotatable bonds is 11. The number of hydrogen-bond acceptors (Lipinski definition) is 4. The summed E-state index contributed by atoms with van der Waals surface area (Å²) in [7, 11) is 0. The van der Waals surface area contributed by atoms with Crippen molar-refractivity contribution in [2.24, 2.45) is 0 Å². The summed E-state index contributed by atoms with van der Waals surface area (Å²) in [5, 5.41) is 8.69. The van der Waals surface area contributed by atoms with Crippen LogP contribution in [0.4, 0.5) is 0 Å². The van der Waals surface area contributed by atoms with Crippen molar-refractivity contribution < 1.29 is 19.3 Å². The summed E-state index contributed by atoms with van der Waals surface area (Å²) in [6.45, 7) is 11.9. The number of ether oxygens (including phenoxy) is 3. The maximum Gasteiger partial charge on any atom is 0.0720 e. The lowest BCUT2D eigenvalue weighted by Gasteiger charge is -2.29. The van der Waals surface area contributed by atoms with Crippen LogP contribution in [-0.4, -0.2) is 44.7 Å². The van der Waals surface area contributed by atoms with E-state index in [1.54, 1.807) is 0 Å². The summed E-state index contributed by atoms with van der Waals surface area (Å²) in [6, 6.07) is 20.5. The molecule has 0 aliphatic heterocycles. The van der Waals surface area contributed by atoms with E-state index in [2.05, 4.69) is 82.3 Å². The molecule has 0 fully saturated rings. The van der Waals surface area contributed by atoms with Gasteiger partial charge in [0, 0.05) is 5.41 Å². The number of aliphatic hydroxyl groups is 1. The molecular weight excluding hydrogens is 424 g/mol. The van der Waals surface area contributed by atoms with E-state index in [1.165, 1.54) is 50.1 Å². The van der Waals surface area contributed by atoms with Crippen LogP contribution in [-0.2, 0) is 26.2 Å². The highest BCUT2D eigenvalue weighted by atomic mass is 16.5. The molecule has 0 radical (unpaired) electrons. The van der Waals surface area contributed by atoms with Gasteiger partial charge in [-0.2, -0.15) is 0 Å². The number of hydrogen-bond donors (Lipinski definition) is 1. The summed E-state index contributed by atoms with van der Waals surface area (Å²) in [5.41, 5.74) is 11.6. The van der Waals surface area contributed by atoms with Crippen molar-refractivity contribution in [3.05, 3.63) is 93.5 Å². The Labute approximate surface area is 203 Å². The molecule has 4 heteroatoms. The van der Waals surface area contributed by atoms with Crippen molar-refractivity contribution in [3.63, 3.8) is 0 Å². The zero-order valence-corrected chi connectivity index (χ0v) is 20.8. The van der Waals surface area contributed by atoms with Crippen LogP contribution in [0, 0.1) is 20.8 Å². The molecule has 0 heterocycles. The van der Waals surface area contributed by atoms with Crippen molar-refractivity contribution in [3.8, 4) is 11.1 Å². The molecule has 4 rings (SSSR count). The smallest absolute Gasteiger partial charge is 0.0720 e. The van der Waals surface area contributed by atoms with Crippen molar-refractivity contribution in [2.45, 2.75) is 39.7 Å². The zero-order chi connectivity index (χ0) is 24.1. The van der Waals surface area contributed by atoms with E-state index < -0.39 is 0 Å². The Morgan fingerprint density at radius 1 is 0.676 bits per heavy atom. The Hall–Kier alpha value is -2.50. The average molecular weight is 461 g/mol. The van der Waals surface area contributed by atoms with E-state index >= 15 is 0 Å². The van der Waals surface area contributed by atoms with E-state index in [0.29, 0.717) is 39.6 Å². The Morgan fingerprint density at radius 2 is 1.24 bits per heavy atom. The quantitative estimate of drug-likeness (QED) is 0.385. The molecule has 34 heavy (non-hydrogen) atoms. The molecule has 3 aromatic rings. The first-order valence-electron chi connectivity index (χ1n) is 12.1. The van der Waals surface area contributed by atoms with Crippen LogP contribution in [0.3, 0.4) is 0 Å². The van der Waals surface area contributed by atoms with Gasteiger partial charge in [0.05, 0.1) is 46.2 Å². The van der Waals surface area contributed by atoms with Crippen molar-refractivity contribution >= 4 is 0 Å². The minimum Gasteiger partial charge on any atom is -0.394 e. The summed E-state index contributed by atoms with van der Waals surface area (Å²) in [5.74, 6) is 0. The van der Waals surface area contributed by atoms with Crippen molar-refractivity contribution in [1.29, 1.82) is 0 Å². The summed E-state index contributed by atoms with van der Waals surface area (Å²) >= 11 is 0. The second-order valence-electron chi connectivity index (χ2n) is 9.37. The highest BCUT2D eigenvalue weighted by Crippen LogP contribution is 2.52. The minimum atomic E-state index is -0.182. The molecular formula is C30H36O4. The molecule has 0 atom stereocenters. The third-order valence-electron chi connectivity index (χ3n) is 6.87. The van der Waals surface area contributed by atoms with Crippen LogP contribution < -0.4 is 0 Å². The predicted molar refractivity (Wildman–Crippen MR) is 136 cm³/mol. The van der Waals surface area contributed by atoms with Gasteiger partial charge in [0.2, 0.25) is 0 Å². The van der Waals surface area contributed by atoms with E-state index in [1.807, 2.05) is 0 Å². The summed E-state index contributed by atoms with van der Waals surface area (Å²) < 4.78 is 16.5. The molecule has 1 aliphatic carbocycles.